The van der Waals surface area contributed by atoms with E-state index in [0.29, 0.717) is 44.0 Å². The predicted molar refractivity (Wildman–Crippen MR) is 105 cm³/mol. The second-order valence-electron chi connectivity index (χ2n) is 7.32. The SMILES string of the molecule is CCN(CC(C)C)c1ncc(-c2[nH]ncc2CN(C)CCN)cc1C(F)(F)F. The van der Waals surface area contributed by atoms with Gasteiger partial charge in [0.25, 0.3) is 0 Å². The number of nitrogens with one attached hydrogen (secondary N) is 1. The van der Waals surface area contributed by atoms with Gasteiger partial charge in [0.05, 0.1) is 17.5 Å². The lowest BCUT2D eigenvalue weighted by atomic mass is 10.1. The normalized spacial score (nSPS) is 12.2. The first kappa shape index (κ1) is 22.2. The van der Waals surface area contributed by atoms with Gasteiger partial charge in [-0.1, -0.05) is 13.8 Å². The number of nitrogens with zero attached hydrogens (tertiary/aromatic N) is 4. The molecule has 0 unspecified atom stereocenters. The van der Waals surface area contributed by atoms with Gasteiger partial charge in [-0.05, 0) is 26.0 Å². The summed E-state index contributed by atoms with van der Waals surface area (Å²) in [5.41, 5.74) is 6.54. The molecule has 2 heterocycles. The summed E-state index contributed by atoms with van der Waals surface area (Å²) in [5.74, 6) is 0.188. The molecule has 0 amide bonds. The average Bonchev–Trinajstić information content (AvgIpc) is 3.06. The van der Waals surface area contributed by atoms with Gasteiger partial charge in [-0.3, -0.25) is 5.10 Å². The van der Waals surface area contributed by atoms with E-state index in [1.807, 2.05) is 32.7 Å². The largest absolute Gasteiger partial charge is 0.419 e. The lowest BCUT2D eigenvalue weighted by molar-refractivity contribution is -0.137. The lowest BCUT2D eigenvalue weighted by Crippen LogP contribution is -2.30. The molecule has 0 atom stereocenters. The number of likely N-dealkylation sites (N-methyl/N-ethyl adjacent to an activating group) is 1. The van der Waals surface area contributed by atoms with Crippen molar-refractivity contribution in [1.29, 1.82) is 0 Å². The van der Waals surface area contributed by atoms with Crippen LogP contribution in [-0.2, 0) is 12.7 Å². The minimum Gasteiger partial charge on any atom is -0.356 e. The summed E-state index contributed by atoms with van der Waals surface area (Å²) in [5, 5.41) is 6.83. The van der Waals surface area contributed by atoms with Crippen molar-refractivity contribution in [2.24, 2.45) is 11.7 Å². The fraction of sp³-hybridized carbons (Fsp3) is 0.579. The fourth-order valence-electron chi connectivity index (χ4n) is 3.13. The highest BCUT2D eigenvalue weighted by atomic mass is 19.4. The van der Waals surface area contributed by atoms with Crippen molar-refractivity contribution in [2.75, 3.05) is 38.1 Å². The predicted octanol–water partition coefficient (Wildman–Crippen LogP) is 3.36. The van der Waals surface area contributed by atoms with Crippen LogP contribution in [0.15, 0.2) is 18.5 Å². The van der Waals surface area contributed by atoms with Crippen LogP contribution in [0.3, 0.4) is 0 Å². The first-order chi connectivity index (χ1) is 13.2. The van der Waals surface area contributed by atoms with Crippen LogP contribution in [0.25, 0.3) is 11.3 Å². The van der Waals surface area contributed by atoms with E-state index in [4.69, 9.17) is 5.73 Å². The molecule has 0 fully saturated rings. The summed E-state index contributed by atoms with van der Waals surface area (Å²) in [6, 6.07) is 1.16. The Morgan fingerprint density at radius 1 is 1.25 bits per heavy atom. The molecule has 0 saturated carbocycles. The van der Waals surface area contributed by atoms with Crippen molar-refractivity contribution < 1.29 is 13.2 Å². The van der Waals surface area contributed by atoms with E-state index < -0.39 is 11.7 Å². The van der Waals surface area contributed by atoms with Gasteiger partial charge >= 0.3 is 6.18 Å². The molecule has 0 bridgehead atoms. The summed E-state index contributed by atoms with van der Waals surface area (Å²) in [6.07, 6.45) is -1.40. The number of H-pyrrole nitrogens is 1. The summed E-state index contributed by atoms with van der Waals surface area (Å²) < 4.78 is 41.4. The number of nitrogens with two attached hydrogens (primary N) is 1. The molecule has 0 radical (unpaired) electrons. The van der Waals surface area contributed by atoms with Crippen LogP contribution in [0.4, 0.5) is 19.0 Å². The quantitative estimate of drug-likeness (QED) is 0.678. The number of hydrogen-bond donors (Lipinski definition) is 2. The zero-order valence-electron chi connectivity index (χ0n) is 16.8. The van der Waals surface area contributed by atoms with Gasteiger partial charge in [-0.15, -0.1) is 0 Å². The highest BCUT2D eigenvalue weighted by Gasteiger charge is 2.36. The minimum absolute atomic E-state index is 0.0336. The number of halogens is 3. The molecule has 0 aliphatic carbocycles. The van der Waals surface area contributed by atoms with Crippen LogP contribution in [-0.4, -0.2) is 53.3 Å². The number of aromatic nitrogens is 3. The van der Waals surface area contributed by atoms with Gasteiger partial charge in [-0.25, -0.2) is 4.98 Å². The third kappa shape index (κ3) is 5.45. The number of pyridine rings is 1. The Balaban J connectivity index is 2.45. The fourth-order valence-corrected chi connectivity index (χ4v) is 3.13. The van der Waals surface area contributed by atoms with Crippen molar-refractivity contribution >= 4 is 5.82 Å². The highest BCUT2D eigenvalue weighted by molar-refractivity contribution is 5.66. The molecule has 9 heteroatoms. The molecule has 2 rings (SSSR count). The second-order valence-corrected chi connectivity index (χ2v) is 7.32. The Labute approximate surface area is 163 Å². The van der Waals surface area contributed by atoms with Crippen molar-refractivity contribution in [3.63, 3.8) is 0 Å². The molecular weight excluding hydrogens is 369 g/mol. The smallest absolute Gasteiger partial charge is 0.356 e. The molecule has 0 spiro atoms. The van der Waals surface area contributed by atoms with Crippen LogP contribution in [0.5, 0.6) is 0 Å². The monoisotopic (exact) mass is 398 g/mol. The van der Waals surface area contributed by atoms with Crippen LogP contribution in [0.2, 0.25) is 0 Å². The van der Waals surface area contributed by atoms with E-state index in [1.54, 1.807) is 11.1 Å². The topological polar surface area (TPSA) is 74.1 Å². The van der Waals surface area contributed by atoms with E-state index in [1.165, 1.54) is 6.20 Å². The summed E-state index contributed by atoms with van der Waals surface area (Å²) in [4.78, 5) is 7.86. The maximum Gasteiger partial charge on any atom is 0.419 e. The van der Waals surface area contributed by atoms with Crippen molar-refractivity contribution in [3.8, 4) is 11.3 Å². The number of aromatic amines is 1. The molecule has 0 aromatic carbocycles. The Kier molecular flexibility index (Phi) is 7.42. The van der Waals surface area contributed by atoms with Gasteiger partial charge in [0.2, 0.25) is 0 Å². The molecule has 0 aliphatic heterocycles. The third-order valence-corrected chi connectivity index (χ3v) is 4.40. The van der Waals surface area contributed by atoms with E-state index in [9.17, 15) is 13.2 Å². The van der Waals surface area contributed by atoms with Crippen molar-refractivity contribution in [2.45, 2.75) is 33.5 Å². The maximum absolute atomic E-state index is 13.8. The number of hydrogen-bond acceptors (Lipinski definition) is 5. The molecule has 28 heavy (non-hydrogen) atoms. The van der Waals surface area contributed by atoms with Crippen LogP contribution >= 0.6 is 0 Å². The molecule has 6 nitrogen and oxygen atoms in total. The van der Waals surface area contributed by atoms with Crippen LogP contribution < -0.4 is 10.6 Å². The standard InChI is InChI=1S/C19H29F3N6/c1-5-28(11-13(2)3)18-16(19(20,21)22)8-14(9-24-18)17-15(10-25-26-17)12-27(4)7-6-23/h8-10,13H,5-7,11-12,23H2,1-4H3,(H,25,26). The zero-order chi connectivity index (χ0) is 20.9. The molecule has 0 saturated heterocycles. The second kappa shape index (κ2) is 9.38. The lowest BCUT2D eigenvalue weighted by Gasteiger charge is -2.27. The van der Waals surface area contributed by atoms with Gasteiger partial charge in [0, 0.05) is 50.0 Å². The van der Waals surface area contributed by atoms with Crippen LogP contribution in [0, 0.1) is 5.92 Å². The van der Waals surface area contributed by atoms with Gasteiger partial charge in [0.1, 0.15) is 5.82 Å². The van der Waals surface area contributed by atoms with Crippen LogP contribution in [0.1, 0.15) is 31.9 Å². The first-order valence-corrected chi connectivity index (χ1v) is 9.40. The Bertz CT molecular complexity index is 756. The molecule has 0 aliphatic rings. The van der Waals surface area contributed by atoms with Gasteiger partial charge in [0.15, 0.2) is 0 Å². The number of rotatable bonds is 9. The Hall–Kier alpha value is -2.13. The summed E-state index contributed by atoms with van der Waals surface area (Å²) >= 11 is 0. The number of alkyl halides is 3. The summed E-state index contributed by atoms with van der Waals surface area (Å²) in [6.45, 7) is 8.44. The zero-order valence-corrected chi connectivity index (χ0v) is 16.8. The molecular formula is C19H29F3N6. The maximum atomic E-state index is 13.8. The third-order valence-electron chi connectivity index (χ3n) is 4.40. The first-order valence-electron chi connectivity index (χ1n) is 9.40. The molecule has 2 aromatic rings. The Morgan fingerprint density at radius 3 is 2.54 bits per heavy atom. The molecule has 3 N–H and O–H groups in total. The number of anilines is 1. The summed E-state index contributed by atoms with van der Waals surface area (Å²) in [7, 11) is 1.90. The van der Waals surface area contributed by atoms with Crippen molar-refractivity contribution in [3.05, 3.63) is 29.6 Å². The van der Waals surface area contributed by atoms with E-state index in [2.05, 4.69) is 15.2 Å². The van der Waals surface area contributed by atoms with Gasteiger partial charge in [-0.2, -0.15) is 18.3 Å². The minimum atomic E-state index is -4.50. The van der Waals surface area contributed by atoms with E-state index in [-0.39, 0.29) is 11.7 Å². The van der Waals surface area contributed by atoms with E-state index in [0.717, 1.165) is 11.6 Å². The van der Waals surface area contributed by atoms with Crippen molar-refractivity contribution in [1.82, 2.24) is 20.1 Å². The molecule has 2 aromatic heterocycles. The van der Waals surface area contributed by atoms with E-state index >= 15 is 0 Å². The highest BCUT2D eigenvalue weighted by Crippen LogP contribution is 2.38. The van der Waals surface area contributed by atoms with Gasteiger partial charge < -0.3 is 15.5 Å². The average molecular weight is 398 g/mol. The molecule has 156 valence electrons. The Morgan fingerprint density at radius 2 is 1.96 bits per heavy atom.